The summed E-state index contributed by atoms with van der Waals surface area (Å²) in [6.45, 7) is 4.11. The minimum absolute atomic E-state index is 0.0901. The predicted molar refractivity (Wildman–Crippen MR) is 249 cm³/mol. The fourth-order valence-corrected chi connectivity index (χ4v) is 8.28. The van der Waals surface area contributed by atoms with Crippen LogP contribution in [0.5, 0.6) is 0 Å². The molecule has 1 saturated carbocycles. The molecular formula is C49H89O12P. The summed E-state index contributed by atoms with van der Waals surface area (Å²) in [6.07, 6.45) is 36.2. The minimum Gasteiger partial charge on any atom is -0.457 e. The second-order valence-electron chi connectivity index (χ2n) is 16.9. The number of ether oxygens (including phenoxy) is 2. The number of aliphatic hydroxyl groups excluding tert-OH is 5. The fraction of sp³-hybridized carbons (Fsp3) is 0.816. The Balaban J connectivity index is 2.34. The van der Waals surface area contributed by atoms with Crippen molar-refractivity contribution in [1.82, 2.24) is 0 Å². The van der Waals surface area contributed by atoms with Gasteiger partial charge in [0.1, 0.15) is 42.7 Å². The van der Waals surface area contributed by atoms with Gasteiger partial charge in [-0.25, -0.2) is 4.57 Å². The van der Waals surface area contributed by atoms with Gasteiger partial charge in [0.05, 0.1) is 13.2 Å². The first-order valence-corrected chi connectivity index (χ1v) is 26.0. The molecule has 0 radical (unpaired) electrons. The Bertz CT molecular complexity index is 1210. The van der Waals surface area contributed by atoms with E-state index < -0.39 is 63.1 Å². The van der Waals surface area contributed by atoms with Crippen molar-refractivity contribution >= 4 is 13.8 Å². The van der Waals surface area contributed by atoms with Crippen molar-refractivity contribution in [3.63, 3.8) is 0 Å². The van der Waals surface area contributed by atoms with Crippen LogP contribution in [-0.2, 0) is 27.9 Å². The van der Waals surface area contributed by atoms with Crippen LogP contribution in [0.4, 0.5) is 0 Å². The van der Waals surface area contributed by atoms with Crippen LogP contribution in [0.15, 0.2) is 48.6 Å². The van der Waals surface area contributed by atoms with Gasteiger partial charge in [-0.2, -0.15) is 0 Å². The Morgan fingerprint density at radius 1 is 0.532 bits per heavy atom. The summed E-state index contributed by atoms with van der Waals surface area (Å²) in [5.74, 6) is -0.506. The molecule has 1 fully saturated rings. The van der Waals surface area contributed by atoms with Crippen LogP contribution < -0.4 is 0 Å². The zero-order chi connectivity index (χ0) is 45.5. The SMILES string of the molecule is CC/C=C\C/C=C\C/C=C\CCCCCC(=O)OC(COCCCCCCCCCCCC/C=C\CCCCCCCCCC)COP(=O)(O)OC1C(O)C(O)C(O)C(O)C1O. The van der Waals surface area contributed by atoms with Crippen LogP contribution in [0.25, 0.3) is 0 Å². The molecule has 13 heteroatoms. The molecule has 0 aromatic heterocycles. The van der Waals surface area contributed by atoms with Gasteiger partial charge in [-0.05, 0) is 70.6 Å². The van der Waals surface area contributed by atoms with Crippen LogP contribution in [0, 0.1) is 0 Å². The second kappa shape index (κ2) is 39.6. The molecule has 1 rings (SSSR count). The smallest absolute Gasteiger partial charge is 0.457 e. The van der Waals surface area contributed by atoms with Crippen LogP contribution >= 0.6 is 7.82 Å². The number of unbranched alkanes of at least 4 members (excludes halogenated alkanes) is 21. The molecule has 0 saturated heterocycles. The van der Waals surface area contributed by atoms with E-state index in [0.717, 1.165) is 57.8 Å². The number of carbonyl (C=O) groups is 1. The topological polar surface area (TPSA) is 192 Å². The molecule has 0 aromatic carbocycles. The summed E-state index contributed by atoms with van der Waals surface area (Å²) in [4.78, 5) is 23.1. The van der Waals surface area contributed by atoms with Crippen molar-refractivity contribution in [1.29, 1.82) is 0 Å². The quantitative estimate of drug-likeness (QED) is 0.0147. The van der Waals surface area contributed by atoms with Gasteiger partial charge in [0, 0.05) is 13.0 Å². The monoisotopic (exact) mass is 901 g/mol. The fourth-order valence-electron chi connectivity index (χ4n) is 7.31. The van der Waals surface area contributed by atoms with Gasteiger partial charge in [-0.1, -0.05) is 165 Å². The Labute approximate surface area is 375 Å². The van der Waals surface area contributed by atoms with Crippen LogP contribution in [0.1, 0.15) is 194 Å². The van der Waals surface area contributed by atoms with Gasteiger partial charge in [-0.15, -0.1) is 0 Å². The highest BCUT2D eigenvalue weighted by Gasteiger charge is 2.51. The third kappa shape index (κ3) is 31.2. The standard InChI is InChI=1S/C49H89O12P/c1-3-5-7-9-11-13-15-17-18-19-20-21-22-23-24-25-27-29-31-33-35-37-39-58-40-42(41-59-62(56,57)61-49-47(54)45(52)44(51)46(53)48(49)55)60-43(50)38-36-34-32-30-28-26-16-14-12-10-8-6-4-2/h6,8,12,14,19-20,26,28,42,44-49,51-55H,3-5,7,9-11,13,15-18,21-25,27,29-41H2,1-2H3,(H,56,57)/b8-6-,14-12-,20-19-,28-26-. The lowest BCUT2D eigenvalue weighted by Gasteiger charge is -2.41. The molecule has 6 N–H and O–H groups in total. The van der Waals surface area contributed by atoms with E-state index in [0.29, 0.717) is 13.0 Å². The van der Waals surface area contributed by atoms with Crippen molar-refractivity contribution in [3.05, 3.63) is 48.6 Å². The molecule has 0 aliphatic heterocycles. The first kappa shape index (κ1) is 58.3. The zero-order valence-corrected chi connectivity index (χ0v) is 39.6. The molecule has 62 heavy (non-hydrogen) atoms. The average Bonchev–Trinajstić information content (AvgIpc) is 3.26. The van der Waals surface area contributed by atoms with Crippen LogP contribution in [-0.4, -0.2) is 98.9 Å². The summed E-state index contributed by atoms with van der Waals surface area (Å²) >= 11 is 0. The molecule has 6 unspecified atom stereocenters. The lowest BCUT2D eigenvalue weighted by molar-refractivity contribution is -0.220. The minimum atomic E-state index is -5.03. The number of carbonyl (C=O) groups excluding carboxylic acids is 1. The predicted octanol–water partition coefficient (Wildman–Crippen LogP) is 10.4. The van der Waals surface area contributed by atoms with E-state index in [4.69, 9.17) is 18.5 Å². The number of phosphoric ester groups is 1. The molecule has 0 bridgehead atoms. The van der Waals surface area contributed by atoms with E-state index in [1.54, 1.807) is 0 Å². The van der Waals surface area contributed by atoms with Crippen molar-refractivity contribution in [2.45, 2.75) is 236 Å². The summed E-state index contributed by atoms with van der Waals surface area (Å²) in [5.41, 5.74) is 0. The first-order chi connectivity index (χ1) is 30.0. The number of esters is 1. The first-order valence-electron chi connectivity index (χ1n) is 24.5. The maximum absolute atomic E-state index is 12.8. The molecule has 12 nitrogen and oxygen atoms in total. The normalized spacial score (nSPS) is 22.4. The third-order valence-corrected chi connectivity index (χ3v) is 12.2. The molecule has 1 aliphatic rings. The highest BCUT2D eigenvalue weighted by Crippen LogP contribution is 2.47. The molecule has 0 spiro atoms. The highest BCUT2D eigenvalue weighted by molar-refractivity contribution is 7.47. The maximum Gasteiger partial charge on any atom is 0.472 e. The van der Waals surface area contributed by atoms with Crippen molar-refractivity contribution in [3.8, 4) is 0 Å². The van der Waals surface area contributed by atoms with Crippen LogP contribution in [0.2, 0.25) is 0 Å². The van der Waals surface area contributed by atoms with Crippen molar-refractivity contribution in [2.75, 3.05) is 19.8 Å². The number of hydrogen-bond acceptors (Lipinski definition) is 11. The van der Waals surface area contributed by atoms with E-state index in [2.05, 4.69) is 62.5 Å². The Kier molecular flexibility index (Phi) is 37.3. The second-order valence-corrected chi connectivity index (χ2v) is 18.3. The zero-order valence-electron chi connectivity index (χ0n) is 38.7. The average molecular weight is 901 g/mol. The highest BCUT2D eigenvalue weighted by atomic mass is 31.2. The maximum atomic E-state index is 12.8. The van der Waals surface area contributed by atoms with Crippen molar-refractivity contribution < 1.29 is 58.3 Å². The van der Waals surface area contributed by atoms with Gasteiger partial charge in [0.2, 0.25) is 0 Å². The number of allylic oxidation sites excluding steroid dienone is 8. The summed E-state index contributed by atoms with van der Waals surface area (Å²) in [6, 6.07) is 0. The number of rotatable bonds is 41. The van der Waals surface area contributed by atoms with Gasteiger partial charge < -0.3 is 39.9 Å². The van der Waals surface area contributed by atoms with Crippen molar-refractivity contribution in [2.24, 2.45) is 0 Å². The molecular weight excluding hydrogens is 812 g/mol. The summed E-state index contributed by atoms with van der Waals surface area (Å²) in [5, 5.41) is 50.2. The molecule has 1 aliphatic carbocycles. The summed E-state index contributed by atoms with van der Waals surface area (Å²) in [7, 11) is -5.03. The van der Waals surface area contributed by atoms with E-state index in [1.807, 2.05) is 0 Å². The molecule has 362 valence electrons. The molecule has 0 aromatic rings. The molecule has 0 amide bonds. The van der Waals surface area contributed by atoms with E-state index in [-0.39, 0.29) is 13.0 Å². The number of hydrogen-bond donors (Lipinski definition) is 6. The van der Waals surface area contributed by atoms with E-state index in [1.165, 1.54) is 109 Å². The lowest BCUT2D eigenvalue weighted by atomic mass is 9.85. The number of phosphoric acid groups is 1. The largest absolute Gasteiger partial charge is 0.472 e. The molecule has 0 heterocycles. The lowest BCUT2D eigenvalue weighted by Crippen LogP contribution is -2.64. The Hall–Kier alpha value is -1.70. The van der Waals surface area contributed by atoms with Gasteiger partial charge >= 0.3 is 13.8 Å². The summed E-state index contributed by atoms with van der Waals surface area (Å²) < 4.78 is 34.2. The van der Waals surface area contributed by atoms with Gasteiger partial charge in [0.15, 0.2) is 0 Å². The van der Waals surface area contributed by atoms with Gasteiger partial charge in [0.25, 0.3) is 0 Å². The van der Waals surface area contributed by atoms with E-state index >= 15 is 0 Å². The van der Waals surface area contributed by atoms with Crippen LogP contribution in [0.3, 0.4) is 0 Å². The number of aliphatic hydroxyl groups is 5. The van der Waals surface area contributed by atoms with E-state index in [9.17, 15) is 39.8 Å². The Morgan fingerprint density at radius 2 is 0.952 bits per heavy atom. The third-order valence-electron chi connectivity index (χ3n) is 11.2. The Morgan fingerprint density at radius 3 is 1.47 bits per heavy atom. The molecule has 6 atom stereocenters. The van der Waals surface area contributed by atoms with Gasteiger partial charge in [-0.3, -0.25) is 13.8 Å².